The van der Waals surface area contributed by atoms with Crippen molar-refractivity contribution in [1.82, 2.24) is 0 Å². The van der Waals surface area contributed by atoms with Gasteiger partial charge in [-0.2, -0.15) is 0 Å². The molecule has 1 aromatic rings. The number of benzene rings is 1. The van der Waals surface area contributed by atoms with Crippen molar-refractivity contribution in [2.45, 2.75) is 27.9 Å². The van der Waals surface area contributed by atoms with E-state index in [2.05, 4.69) is 0 Å². The third-order valence-electron chi connectivity index (χ3n) is 2.37. The van der Waals surface area contributed by atoms with Crippen molar-refractivity contribution in [2.24, 2.45) is 0 Å². The van der Waals surface area contributed by atoms with Crippen LogP contribution in [0.2, 0.25) is 0 Å². The molecular formula is C10H11FO2S3. The zero-order chi connectivity index (χ0) is 11.8. The van der Waals surface area contributed by atoms with Gasteiger partial charge in [0.1, 0.15) is 5.82 Å². The molecule has 1 aromatic carbocycles. The zero-order valence-electron chi connectivity index (χ0n) is 8.64. The Balaban J connectivity index is 2.34. The molecular weight excluding hydrogens is 267 g/mol. The van der Waals surface area contributed by atoms with Crippen LogP contribution in [0.25, 0.3) is 0 Å². The minimum atomic E-state index is -3.28. The highest BCUT2D eigenvalue weighted by Crippen LogP contribution is 2.36. The van der Waals surface area contributed by atoms with Gasteiger partial charge in [0.15, 0.2) is 9.84 Å². The molecule has 1 aliphatic carbocycles. The molecule has 16 heavy (non-hydrogen) atoms. The highest BCUT2D eigenvalue weighted by atomic mass is 33.1. The second-order valence-corrected chi connectivity index (χ2v) is 8.25. The third kappa shape index (κ3) is 2.38. The van der Waals surface area contributed by atoms with Gasteiger partial charge in [0.25, 0.3) is 0 Å². The second kappa shape index (κ2) is 4.58. The Bertz CT molecular complexity index is 495. The quantitative estimate of drug-likeness (QED) is 0.792. The number of sulfone groups is 1. The summed E-state index contributed by atoms with van der Waals surface area (Å²) >= 11 is 0. The molecule has 0 saturated heterocycles. The van der Waals surface area contributed by atoms with Crippen LogP contribution < -0.4 is 0 Å². The van der Waals surface area contributed by atoms with E-state index >= 15 is 0 Å². The van der Waals surface area contributed by atoms with Crippen molar-refractivity contribution < 1.29 is 12.8 Å². The summed E-state index contributed by atoms with van der Waals surface area (Å²) < 4.78 is 37.2. The summed E-state index contributed by atoms with van der Waals surface area (Å²) in [5.41, 5.74) is 0. The smallest absolute Gasteiger partial charge is 0.181 e. The molecule has 88 valence electrons. The van der Waals surface area contributed by atoms with Crippen LogP contribution in [0.1, 0.15) is 12.8 Å². The average Bonchev–Trinajstić information content (AvgIpc) is 3.04. The minimum Gasteiger partial charge on any atom is -0.223 e. The van der Waals surface area contributed by atoms with E-state index < -0.39 is 15.7 Å². The summed E-state index contributed by atoms with van der Waals surface area (Å²) in [6.45, 7) is 0. The predicted octanol–water partition coefficient (Wildman–Crippen LogP) is 3.13. The first-order valence-corrected chi connectivity index (χ1v) is 8.90. The van der Waals surface area contributed by atoms with Gasteiger partial charge in [-0.25, -0.2) is 12.8 Å². The maximum Gasteiger partial charge on any atom is 0.181 e. The third-order valence-corrected chi connectivity index (χ3v) is 6.34. The van der Waals surface area contributed by atoms with Crippen LogP contribution in [0.4, 0.5) is 4.39 Å². The highest BCUT2D eigenvalue weighted by Gasteiger charge is 2.37. The molecule has 0 N–H and O–H groups in total. The van der Waals surface area contributed by atoms with E-state index in [1.807, 2.05) is 6.26 Å². The van der Waals surface area contributed by atoms with Crippen LogP contribution >= 0.6 is 21.6 Å². The monoisotopic (exact) mass is 278 g/mol. The van der Waals surface area contributed by atoms with Gasteiger partial charge in [0.2, 0.25) is 0 Å². The maximum absolute atomic E-state index is 13.6. The lowest BCUT2D eigenvalue weighted by molar-refractivity contribution is 0.582. The van der Waals surface area contributed by atoms with E-state index in [1.54, 1.807) is 0 Å². The summed E-state index contributed by atoms with van der Waals surface area (Å²) in [5, 5.41) is -0.286. The van der Waals surface area contributed by atoms with E-state index in [-0.39, 0.29) is 10.1 Å². The Labute approximate surface area is 102 Å². The summed E-state index contributed by atoms with van der Waals surface area (Å²) in [6.07, 6.45) is 3.25. The van der Waals surface area contributed by atoms with Crippen molar-refractivity contribution in [3.05, 3.63) is 24.0 Å². The molecule has 0 aliphatic heterocycles. The molecule has 0 amide bonds. The van der Waals surface area contributed by atoms with Crippen LogP contribution in [0, 0.1) is 5.82 Å². The molecule has 1 fully saturated rings. The first-order chi connectivity index (χ1) is 7.55. The van der Waals surface area contributed by atoms with Gasteiger partial charge in [-0.15, -0.1) is 0 Å². The van der Waals surface area contributed by atoms with Crippen LogP contribution in [0.15, 0.2) is 28.0 Å². The lowest BCUT2D eigenvalue weighted by Gasteiger charge is -2.05. The van der Waals surface area contributed by atoms with Crippen LogP contribution in [0.3, 0.4) is 0 Å². The number of halogens is 1. The van der Waals surface area contributed by atoms with Gasteiger partial charge >= 0.3 is 0 Å². The fourth-order valence-corrected chi connectivity index (χ4v) is 4.44. The maximum atomic E-state index is 13.6. The molecule has 2 nitrogen and oxygen atoms in total. The normalized spacial score (nSPS) is 16.4. The Morgan fingerprint density at radius 2 is 2.06 bits per heavy atom. The lowest BCUT2D eigenvalue weighted by Crippen LogP contribution is -2.07. The number of hydrogen-bond acceptors (Lipinski definition) is 4. The van der Waals surface area contributed by atoms with Gasteiger partial charge in [-0.3, -0.25) is 0 Å². The Morgan fingerprint density at radius 3 is 2.56 bits per heavy atom. The number of rotatable bonds is 4. The molecule has 6 heteroatoms. The number of hydrogen-bond donors (Lipinski definition) is 0. The predicted molar refractivity (Wildman–Crippen MR) is 66.0 cm³/mol. The summed E-state index contributed by atoms with van der Waals surface area (Å²) in [6, 6.07) is 4.16. The molecule has 0 aromatic heterocycles. The van der Waals surface area contributed by atoms with Crippen molar-refractivity contribution in [3.8, 4) is 0 Å². The van der Waals surface area contributed by atoms with E-state index in [0.717, 1.165) is 6.07 Å². The van der Waals surface area contributed by atoms with Crippen molar-refractivity contribution in [3.63, 3.8) is 0 Å². The minimum absolute atomic E-state index is 0.109. The van der Waals surface area contributed by atoms with Gasteiger partial charge in [-0.05, 0) is 37.3 Å². The van der Waals surface area contributed by atoms with Crippen molar-refractivity contribution in [2.75, 3.05) is 6.26 Å². The Hall–Kier alpha value is -0.200. The molecule has 0 bridgehead atoms. The molecule has 0 atom stereocenters. The fraction of sp³-hybridized carbons (Fsp3) is 0.400. The van der Waals surface area contributed by atoms with Gasteiger partial charge in [0.05, 0.1) is 15.0 Å². The standard InChI is InChI=1S/C10H11FO2S3/c1-14-15-10-5-4-8(6-9(10)11)16(12,13)7-2-3-7/h4-7H,2-3H2,1H3. The Morgan fingerprint density at radius 1 is 1.38 bits per heavy atom. The van der Waals surface area contributed by atoms with Gasteiger partial charge in [0, 0.05) is 0 Å². The lowest BCUT2D eigenvalue weighted by atomic mass is 10.3. The van der Waals surface area contributed by atoms with E-state index in [1.165, 1.54) is 33.7 Å². The molecule has 0 heterocycles. The fourth-order valence-electron chi connectivity index (χ4n) is 1.39. The van der Waals surface area contributed by atoms with Crippen LogP contribution in [-0.2, 0) is 9.84 Å². The Kier molecular flexibility index (Phi) is 3.51. The van der Waals surface area contributed by atoms with Crippen molar-refractivity contribution >= 4 is 31.4 Å². The van der Waals surface area contributed by atoms with Crippen LogP contribution in [-0.4, -0.2) is 19.9 Å². The second-order valence-electron chi connectivity index (χ2n) is 3.59. The van der Waals surface area contributed by atoms with Crippen LogP contribution in [0.5, 0.6) is 0 Å². The average molecular weight is 278 g/mol. The van der Waals surface area contributed by atoms with Crippen molar-refractivity contribution in [1.29, 1.82) is 0 Å². The topological polar surface area (TPSA) is 34.1 Å². The molecule has 0 radical (unpaired) electrons. The summed E-state index contributed by atoms with van der Waals surface area (Å²) in [4.78, 5) is 0.584. The molecule has 0 unspecified atom stereocenters. The molecule has 1 saturated carbocycles. The first kappa shape index (κ1) is 12.3. The first-order valence-electron chi connectivity index (χ1n) is 4.80. The SMILES string of the molecule is CSSc1ccc(S(=O)(=O)C2CC2)cc1F. The largest absolute Gasteiger partial charge is 0.223 e. The van der Waals surface area contributed by atoms with E-state index in [9.17, 15) is 12.8 Å². The molecule has 1 aliphatic rings. The van der Waals surface area contributed by atoms with E-state index in [0.29, 0.717) is 17.7 Å². The molecule has 0 spiro atoms. The van der Waals surface area contributed by atoms with Gasteiger partial charge in [-0.1, -0.05) is 21.6 Å². The zero-order valence-corrected chi connectivity index (χ0v) is 11.1. The highest BCUT2D eigenvalue weighted by molar-refractivity contribution is 8.76. The molecule has 2 rings (SSSR count). The summed E-state index contributed by atoms with van der Waals surface area (Å²) in [7, 11) is -0.556. The van der Waals surface area contributed by atoms with E-state index in [4.69, 9.17) is 0 Å². The van der Waals surface area contributed by atoms with Gasteiger partial charge < -0.3 is 0 Å². The summed E-state index contributed by atoms with van der Waals surface area (Å²) in [5.74, 6) is -0.457.